The quantitative estimate of drug-likeness (QED) is 0.766. The summed E-state index contributed by atoms with van der Waals surface area (Å²) in [4.78, 5) is 31.2. The number of carbonyl (C=O) groups excluding carboxylic acids is 2. The zero-order valence-corrected chi connectivity index (χ0v) is 16.2. The molecular formula is C19H33N3O3. The third-order valence-electron chi connectivity index (χ3n) is 5.77. The summed E-state index contributed by atoms with van der Waals surface area (Å²) in [5, 5.41) is 0. The fourth-order valence-electron chi connectivity index (χ4n) is 4.66. The standard InChI is InChI=1S/C19H33N3O3/c1-5-21-15-8-6-7-9-16(15)22(17(21)23)14-10-12-20(13-11-14)18(24)25-19(2,3)4/h14-16H,5-13H2,1-4H3/t15?,16-/m1/s1. The van der Waals surface area contributed by atoms with E-state index in [9.17, 15) is 9.59 Å². The van der Waals surface area contributed by atoms with Gasteiger partial charge in [-0.05, 0) is 53.4 Å². The molecule has 3 fully saturated rings. The van der Waals surface area contributed by atoms with Gasteiger partial charge in [-0.25, -0.2) is 9.59 Å². The summed E-state index contributed by atoms with van der Waals surface area (Å²) >= 11 is 0. The minimum Gasteiger partial charge on any atom is -0.444 e. The molecule has 2 heterocycles. The van der Waals surface area contributed by atoms with Crippen LogP contribution in [0.5, 0.6) is 0 Å². The van der Waals surface area contributed by atoms with Crippen molar-refractivity contribution in [1.29, 1.82) is 0 Å². The van der Waals surface area contributed by atoms with Crippen LogP contribution in [0, 0.1) is 0 Å². The minimum atomic E-state index is -0.463. The van der Waals surface area contributed by atoms with Crippen molar-refractivity contribution in [3.8, 4) is 0 Å². The average molecular weight is 351 g/mol. The van der Waals surface area contributed by atoms with E-state index in [4.69, 9.17) is 4.74 Å². The van der Waals surface area contributed by atoms with Crippen LogP contribution in [0.3, 0.4) is 0 Å². The molecule has 0 aromatic heterocycles. The lowest BCUT2D eigenvalue weighted by atomic mass is 9.89. The monoisotopic (exact) mass is 351 g/mol. The molecule has 1 saturated carbocycles. The molecule has 0 N–H and O–H groups in total. The molecule has 2 aliphatic heterocycles. The van der Waals surface area contributed by atoms with E-state index in [0.29, 0.717) is 25.2 Å². The van der Waals surface area contributed by atoms with E-state index >= 15 is 0 Å². The number of ether oxygens (including phenoxy) is 1. The second-order valence-electron chi connectivity index (χ2n) is 8.59. The van der Waals surface area contributed by atoms with Crippen molar-refractivity contribution in [2.75, 3.05) is 19.6 Å². The molecular weight excluding hydrogens is 318 g/mol. The Hall–Kier alpha value is -1.46. The van der Waals surface area contributed by atoms with Gasteiger partial charge in [-0.15, -0.1) is 0 Å². The molecule has 25 heavy (non-hydrogen) atoms. The Labute approximate surface area is 151 Å². The number of fused-ring (bicyclic) bond motifs is 1. The van der Waals surface area contributed by atoms with E-state index in [1.54, 1.807) is 4.90 Å². The number of urea groups is 1. The van der Waals surface area contributed by atoms with Gasteiger partial charge in [0.05, 0.1) is 12.1 Å². The van der Waals surface area contributed by atoms with E-state index < -0.39 is 5.60 Å². The van der Waals surface area contributed by atoms with Crippen LogP contribution >= 0.6 is 0 Å². The molecule has 142 valence electrons. The van der Waals surface area contributed by atoms with E-state index in [1.165, 1.54) is 12.8 Å². The van der Waals surface area contributed by atoms with Crippen LogP contribution in [0.25, 0.3) is 0 Å². The molecule has 3 aliphatic rings. The molecule has 0 bridgehead atoms. The van der Waals surface area contributed by atoms with E-state index in [2.05, 4.69) is 16.7 Å². The highest BCUT2D eigenvalue weighted by atomic mass is 16.6. The molecule has 1 unspecified atom stereocenters. The van der Waals surface area contributed by atoms with Crippen molar-refractivity contribution in [3.63, 3.8) is 0 Å². The Kier molecular flexibility index (Phi) is 5.16. The van der Waals surface area contributed by atoms with Crippen molar-refractivity contribution >= 4 is 12.1 Å². The molecule has 0 aromatic rings. The van der Waals surface area contributed by atoms with Gasteiger partial charge in [0, 0.05) is 25.7 Å². The summed E-state index contributed by atoms with van der Waals surface area (Å²) < 4.78 is 5.48. The van der Waals surface area contributed by atoms with Crippen molar-refractivity contribution in [3.05, 3.63) is 0 Å². The highest BCUT2D eigenvalue weighted by molar-refractivity contribution is 5.78. The first-order valence-corrected chi connectivity index (χ1v) is 9.88. The van der Waals surface area contributed by atoms with Crippen LogP contribution in [0.1, 0.15) is 66.2 Å². The van der Waals surface area contributed by atoms with Crippen LogP contribution in [0.2, 0.25) is 0 Å². The normalized spacial score (nSPS) is 28.3. The maximum atomic E-state index is 13.0. The number of hydrogen-bond acceptors (Lipinski definition) is 3. The lowest BCUT2D eigenvalue weighted by Gasteiger charge is -2.40. The van der Waals surface area contributed by atoms with Gasteiger partial charge in [-0.1, -0.05) is 12.8 Å². The molecule has 2 atom stereocenters. The number of rotatable bonds is 2. The molecule has 6 heteroatoms. The number of piperidine rings is 1. The molecule has 6 nitrogen and oxygen atoms in total. The molecule has 0 radical (unpaired) electrons. The van der Waals surface area contributed by atoms with Gasteiger partial charge in [0.25, 0.3) is 0 Å². The maximum Gasteiger partial charge on any atom is 0.410 e. The molecule has 0 aromatic carbocycles. The second-order valence-corrected chi connectivity index (χ2v) is 8.59. The number of likely N-dealkylation sites (tertiary alicyclic amines) is 1. The molecule has 0 spiro atoms. The summed E-state index contributed by atoms with van der Waals surface area (Å²) in [5.74, 6) is 0. The van der Waals surface area contributed by atoms with Gasteiger partial charge in [-0.2, -0.15) is 0 Å². The van der Waals surface area contributed by atoms with Crippen molar-refractivity contribution < 1.29 is 14.3 Å². The topological polar surface area (TPSA) is 53.1 Å². The van der Waals surface area contributed by atoms with Crippen molar-refractivity contribution in [1.82, 2.24) is 14.7 Å². The zero-order chi connectivity index (χ0) is 18.2. The van der Waals surface area contributed by atoms with Gasteiger partial charge in [0.15, 0.2) is 0 Å². The van der Waals surface area contributed by atoms with Gasteiger partial charge in [-0.3, -0.25) is 0 Å². The summed E-state index contributed by atoms with van der Waals surface area (Å²) in [6.07, 6.45) is 6.19. The summed E-state index contributed by atoms with van der Waals surface area (Å²) in [5.41, 5.74) is -0.463. The number of amides is 3. The molecule has 3 rings (SSSR count). The van der Waals surface area contributed by atoms with E-state index in [1.807, 2.05) is 20.8 Å². The predicted molar refractivity (Wildman–Crippen MR) is 96.5 cm³/mol. The molecule has 1 aliphatic carbocycles. The summed E-state index contributed by atoms with van der Waals surface area (Å²) in [6, 6.07) is 1.25. The van der Waals surface area contributed by atoms with Crippen LogP contribution in [-0.2, 0) is 4.74 Å². The number of nitrogens with zero attached hydrogens (tertiary/aromatic N) is 3. The Bertz CT molecular complexity index is 509. The first kappa shape index (κ1) is 18.3. The van der Waals surface area contributed by atoms with E-state index in [-0.39, 0.29) is 18.2 Å². The third kappa shape index (κ3) is 3.72. The summed E-state index contributed by atoms with van der Waals surface area (Å²) in [6.45, 7) is 9.90. The Balaban J connectivity index is 1.62. The van der Waals surface area contributed by atoms with Crippen LogP contribution in [-0.4, -0.2) is 70.2 Å². The SMILES string of the molecule is CCN1C(=O)N(C2CCN(C(=O)OC(C)(C)C)CC2)[C@@H]2CCCCC21. The van der Waals surface area contributed by atoms with Crippen LogP contribution in [0.4, 0.5) is 9.59 Å². The molecule has 3 amide bonds. The Morgan fingerprint density at radius 1 is 1.08 bits per heavy atom. The smallest absolute Gasteiger partial charge is 0.410 e. The first-order chi connectivity index (χ1) is 11.8. The van der Waals surface area contributed by atoms with E-state index in [0.717, 1.165) is 32.2 Å². The average Bonchev–Trinajstić information content (AvgIpc) is 2.84. The van der Waals surface area contributed by atoms with Crippen molar-refractivity contribution in [2.24, 2.45) is 0 Å². The lowest BCUT2D eigenvalue weighted by molar-refractivity contribution is 0.0151. The van der Waals surface area contributed by atoms with Crippen LogP contribution < -0.4 is 0 Å². The fourth-order valence-corrected chi connectivity index (χ4v) is 4.66. The second kappa shape index (κ2) is 7.04. The predicted octanol–water partition coefficient (Wildman–Crippen LogP) is 3.45. The van der Waals surface area contributed by atoms with Gasteiger partial charge in [0.1, 0.15) is 5.60 Å². The van der Waals surface area contributed by atoms with Gasteiger partial charge in [0.2, 0.25) is 0 Å². The minimum absolute atomic E-state index is 0.218. The number of likely N-dealkylation sites (N-methyl/N-ethyl adjacent to an activating group) is 1. The summed E-state index contributed by atoms with van der Waals surface area (Å²) in [7, 11) is 0. The maximum absolute atomic E-state index is 13.0. The number of carbonyl (C=O) groups is 2. The first-order valence-electron chi connectivity index (χ1n) is 9.88. The van der Waals surface area contributed by atoms with Gasteiger partial charge >= 0.3 is 12.1 Å². The largest absolute Gasteiger partial charge is 0.444 e. The highest BCUT2D eigenvalue weighted by Crippen LogP contribution is 2.37. The zero-order valence-electron chi connectivity index (χ0n) is 16.2. The third-order valence-corrected chi connectivity index (χ3v) is 5.77. The Morgan fingerprint density at radius 3 is 2.24 bits per heavy atom. The number of hydrogen-bond donors (Lipinski definition) is 0. The van der Waals surface area contributed by atoms with Gasteiger partial charge < -0.3 is 19.4 Å². The van der Waals surface area contributed by atoms with Crippen LogP contribution in [0.15, 0.2) is 0 Å². The highest BCUT2D eigenvalue weighted by Gasteiger charge is 2.48. The van der Waals surface area contributed by atoms with Crippen molar-refractivity contribution in [2.45, 2.75) is 89.9 Å². The molecule has 2 saturated heterocycles. The lowest BCUT2D eigenvalue weighted by Crippen LogP contribution is -2.51. The Morgan fingerprint density at radius 2 is 1.68 bits per heavy atom. The fraction of sp³-hybridized carbons (Fsp3) is 0.895.